The smallest absolute Gasteiger partial charge is 0.308 e. The van der Waals surface area contributed by atoms with E-state index in [0.717, 1.165) is 38.5 Å². The molecule has 6 nitrogen and oxygen atoms in total. The molecule has 0 radical (unpaired) electrons. The predicted octanol–water partition coefficient (Wildman–Crippen LogP) is 3.06. The first kappa shape index (κ1) is 24.4. The number of carboxylic acids is 1. The van der Waals surface area contributed by atoms with Crippen molar-refractivity contribution in [1.82, 2.24) is 0 Å². The van der Waals surface area contributed by atoms with Crippen molar-refractivity contribution in [2.75, 3.05) is 6.61 Å². The Bertz CT molecular complexity index is 698. The third kappa shape index (κ3) is 3.55. The monoisotopic (exact) mass is 452 g/mol. The van der Waals surface area contributed by atoms with Gasteiger partial charge in [0.05, 0.1) is 30.8 Å². The molecule has 3 unspecified atom stereocenters. The maximum absolute atomic E-state index is 11.7. The molecule has 0 heterocycles. The minimum atomic E-state index is -0.955. The number of rotatable bonds is 6. The van der Waals surface area contributed by atoms with Crippen LogP contribution in [-0.2, 0) is 4.79 Å². The predicted molar refractivity (Wildman–Crippen MR) is 121 cm³/mol. The van der Waals surface area contributed by atoms with E-state index in [1.807, 2.05) is 0 Å². The highest BCUT2D eigenvalue weighted by Gasteiger charge is 2.66. The van der Waals surface area contributed by atoms with E-state index in [1.54, 1.807) is 0 Å². The van der Waals surface area contributed by atoms with Crippen molar-refractivity contribution in [2.45, 2.75) is 96.9 Å². The third-order valence-corrected chi connectivity index (χ3v) is 11.1. The minimum Gasteiger partial charge on any atom is -0.481 e. The molecule has 0 aromatic heterocycles. The van der Waals surface area contributed by atoms with Crippen molar-refractivity contribution in [3.63, 3.8) is 0 Å². The Hall–Kier alpha value is -0.690. The average molecular weight is 453 g/mol. The number of carbonyl (C=O) groups is 1. The van der Waals surface area contributed by atoms with Crippen LogP contribution in [-0.4, -0.2) is 56.4 Å². The molecule has 0 amide bonds. The summed E-state index contributed by atoms with van der Waals surface area (Å²) in [5.74, 6) is -0.373. The van der Waals surface area contributed by atoms with Crippen molar-refractivity contribution >= 4 is 5.97 Å². The van der Waals surface area contributed by atoms with Gasteiger partial charge in [0, 0.05) is 0 Å². The molecule has 6 heteroatoms. The van der Waals surface area contributed by atoms with Crippen LogP contribution in [0, 0.1) is 52.3 Å². The molecule has 4 aliphatic rings. The highest BCUT2D eigenvalue weighted by Crippen LogP contribution is 2.69. The molecule has 0 spiro atoms. The van der Waals surface area contributed by atoms with Crippen molar-refractivity contribution in [2.24, 2.45) is 52.3 Å². The summed E-state index contributed by atoms with van der Waals surface area (Å²) in [6.45, 7) is 6.34. The molecule has 32 heavy (non-hydrogen) atoms. The number of carboxylic acid groups (broad SMARTS) is 1. The Kier molecular flexibility index (Phi) is 6.74. The topological polar surface area (TPSA) is 118 Å². The lowest BCUT2D eigenvalue weighted by atomic mass is 9.41. The van der Waals surface area contributed by atoms with Gasteiger partial charge in [0.1, 0.15) is 0 Å². The molecular weight excluding hydrogens is 408 g/mol. The molecule has 4 fully saturated rings. The normalized spacial score (nSPS) is 51.4. The summed E-state index contributed by atoms with van der Waals surface area (Å²) >= 11 is 0. The second kappa shape index (κ2) is 8.83. The lowest BCUT2D eigenvalue weighted by Gasteiger charge is -2.65. The maximum Gasteiger partial charge on any atom is 0.308 e. The fourth-order valence-electron chi connectivity index (χ4n) is 9.22. The lowest BCUT2D eigenvalue weighted by Crippen LogP contribution is -2.64. The SMILES string of the molecule is CC[C@H]1[C@@H](O)C2C3CC[C@H](CC[C@H](CO)C(=O)O)[C@@]3(C)[C@@H](O)CC2[C@@]2(C)CC[C@@H](O)C[C@@H]12. The van der Waals surface area contributed by atoms with E-state index in [0.29, 0.717) is 25.2 Å². The summed E-state index contributed by atoms with van der Waals surface area (Å²) in [4.78, 5) is 11.4. The highest BCUT2D eigenvalue weighted by molar-refractivity contribution is 5.70. The summed E-state index contributed by atoms with van der Waals surface area (Å²) in [6, 6.07) is 0. The molecular formula is C26H44O6. The van der Waals surface area contributed by atoms with Gasteiger partial charge < -0.3 is 25.5 Å². The van der Waals surface area contributed by atoms with Crippen LogP contribution in [0.25, 0.3) is 0 Å². The van der Waals surface area contributed by atoms with E-state index in [-0.39, 0.29) is 53.1 Å². The van der Waals surface area contributed by atoms with Gasteiger partial charge in [0.15, 0.2) is 0 Å². The van der Waals surface area contributed by atoms with Gasteiger partial charge in [-0.15, -0.1) is 0 Å². The molecule has 4 saturated carbocycles. The number of aliphatic carboxylic acids is 1. The van der Waals surface area contributed by atoms with Gasteiger partial charge in [0.2, 0.25) is 0 Å². The fourth-order valence-corrected chi connectivity index (χ4v) is 9.22. The highest BCUT2D eigenvalue weighted by atomic mass is 16.4. The molecule has 12 atom stereocenters. The van der Waals surface area contributed by atoms with Crippen molar-refractivity contribution in [3.8, 4) is 0 Å². The van der Waals surface area contributed by atoms with Gasteiger partial charge in [-0.05, 0) is 97.7 Å². The zero-order valence-corrected chi connectivity index (χ0v) is 20.0. The first-order valence-corrected chi connectivity index (χ1v) is 13.0. The quantitative estimate of drug-likeness (QED) is 0.423. The molecule has 0 bridgehead atoms. The number of hydrogen-bond donors (Lipinski definition) is 5. The van der Waals surface area contributed by atoms with Crippen molar-refractivity contribution in [1.29, 1.82) is 0 Å². The van der Waals surface area contributed by atoms with E-state index in [2.05, 4.69) is 20.8 Å². The largest absolute Gasteiger partial charge is 0.481 e. The summed E-state index contributed by atoms with van der Waals surface area (Å²) < 4.78 is 0. The molecule has 4 aliphatic carbocycles. The molecule has 184 valence electrons. The summed E-state index contributed by atoms with van der Waals surface area (Å²) in [6.07, 6.45) is 5.99. The van der Waals surface area contributed by atoms with Gasteiger partial charge in [-0.2, -0.15) is 0 Å². The fraction of sp³-hybridized carbons (Fsp3) is 0.962. The van der Waals surface area contributed by atoms with Crippen LogP contribution in [0.15, 0.2) is 0 Å². The molecule has 0 aromatic carbocycles. The van der Waals surface area contributed by atoms with Crippen LogP contribution in [0.1, 0.15) is 78.6 Å². The van der Waals surface area contributed by atoms with Crippen LogP contribution in [0.2, 0.25) is 0 Å². The summed E-state index contributed by atoms with van der Waals surface area (Å²) in [5, 5.41) is 52.4. The maximum atomic E-state index is 11.7. The van der Waals surface area contributed by atoms with Crippen LogP contribution in [0.3, 0.4) is 0 Å². The number of aliphatic hydroxyl groups excluding tert-OH is 4. The first-order chi connectivity index (χ1) is 15.1. The van der Waals surface area contributed by atoms with E-state index in [4.69, 9.17) is 0 Å². The van der Waals surface area contributed by atoms with Crippen molar-refractivity contribution < 1.29 is 30.3 Å². The number of hydrogen-bond acceptors (Lipinski definition) is 5. The van der Waals surface area contributed by atoms with Gasteiger partial charge >= 0.3 is 5.97 Å². The van der Waals surface area contributed by atoms with Crippen molar-refractivity contribution in [3.05, 3.63) is 0 Å². The van der Waals surface area contributed by atoms with Crippen LogP contribution in [0.5, 0.6) is 0 Å². The second-order valence-corrected chi connectivity index (χ2v) is 12.1. The Morgan fingerprint density at radius 1 is 1.03 bits per heavy atom. The van der Waals surface area contributed by atoms with Crippen LogP contribution < -0.4 is 0 Å². The molecule has 0 saturated heterocycles. The standard InChI is InChI=1S/C26H44O6/c1-4-17-19-11-16(28)9-10-25(19,2)20-12-21(29)26(3)15(6-5-14(13-27)24(31)32)7-8-18(26)22(20)23(17)30/h14-23,27-30H,4-13H2,1-3H3,(H,31,32)/t14-,15+,16-,17-,18?,19+,20?,21+,22?,23-,25+,26-/m1/s1. The van der Waals surface area contributed by atoms with Gasteiger partial charge in [-0.3, -0.25) is 4.79 Å². The van der Waals surface area contributed by atoms with Gasteiger partial charge in [0.25, 0.3) is 0 Å². The van der Waals surface area contributed by atoms with Gasteiger partial charge in [-0.25, -0.2) is 0 Å². The zero-order chi connectivity index (χ0) is 23.4. The Morgan fingerprint density at radius 2 is 1.75 bits per heavy atom. The van der Waals surface area contributed by atoms with Crippen LogP contribution in [0.4, 0.5) is 0 Å². The minimum absolute atomic E-state index is 0.0372. The molecule has 0 aliphatic heterocycles. The average Bonchev–Trinajstić information content (AvgIpc) is 3.08. The Labute approximate surface area is 192 Å². The van der Waals surface area contributed by atoms with E-state index in [1.165, 1.54) is 0 Å². The Morgan fingerprint density at radius 3 is 2.38 bits per heavy atom. The second-order valence-electron chi connectivity index (χ2n) is 12.1. The molecule has 0 aromatic rings. The van der Waals surface area contributed by atoms with Gasteiger partial charge in [-0.1, -0.05) is 27.2 Å². The Balaban J connectivity index is 1.62. The first-order valence-electron chi connectivity index (χ1n) is 13.0. The van der Waals surface area contributed by atoms with E-state index < -0.39 is 24.1 Å². The van der Waals surface area contributed by atoms with E-state index in [9.17, 15) is 30.3 Å². The summed E-state index contributed by atoms with van der Waals surface area (Å²) in [7, 11) is 0. The number of fused-ring (bicyclic) bond motifs is 5. The number of aliphatic hydroxyl groups is 4. The zero-order valence-electron chi connectivity index (χ0n) is 20.0. The lowest BCUT2D eigenvalue weighted by molar-refractivity contribution is -0.226. The summed E-state index contributed by atoms with van der Waals surface area (Å²) in [5.41, 5.74) is -0.286. The third-order valence-electron chi connectivity index (χ3n) is 11.1. The molecule has 4 rings (SSSR count). The van der Waals surface area contributed by atoms with Crippen LogP contribution >= 0.6 is 0 Å². The molecule has 5 N–H and O–H groups in total. The van der Waals surface area contributed by atoms with E-state index >= 15 is 0 Å².